The molecular weight excluding hydrogens is 212 g/mol. The molecule has 1 aromatic rings. The lowest BCUT2D eigenvalue weighted by molar-refractivity contribution is 0.407. The number of hydrogen-bond acceptors (Lipinski definition) is 4. The Kier molecular flexibility index (Phi) is 3.22. The Labute approximate surface area is 102 Å². The monoisotopic (exact) mass is 232 g/mol. The fourth-order valence-corrected chi connectivity index (χ4v) is 2.42. The van der Waals surface area contributed by atoms with Crippen molar-refractivity contribution in [3.63, 3.8) is 0 Å². The topological polar surface area (TPSA) is 41.1 Å². The molecule has 2 fully saturated rings. The van der Waals surface area contributed by atoms with Gasteiger partial charge in [0.25, 0.3) is 0 Å². The molecule has 0 bridgehead atoms. The van der Waals surface area contributed by atoms with Crippen LogP contribution < -0.4 is 10.2 Å². The van der Waals surface area contributed by atoms with Crippen LogP contribution in [0.4, 0.5) is 5.82 Å². The first-order chi connectivity index (χ1) is 8.42. The molecule has 0 aromatic carbocycles. The molecule has 17 heavy (non-hydrogen) atoms. The van der Waals surface area contributed by atoms with Crippen LogP contribution in [0, 0.1) is 5.92 Å². The standard InChI is InChI=1S/C13H20N4/c1-2-11(1)9-16-12-3-7-17(8-4-12)13-10-14-5-6-15-13/h5-6,10-12,16H,1-4,7-9H2. The molecule has 1 N–H and O–H groups in total. The summed E-state index contributed by atoms with van der Waals surface area (Å²) in [5, 5.41) is 3.69. The van der Waals surface area contributed by atoms with E-state index in [1.807, 2.05) is 6.20 Å². The van der Waals surface area contributed by atoms with Gasteiger partial charge in [0.1, 0.15) is 5.82 Å². The quantitative estimate of drug-likeness (QED) is 0.853. The summed E-state index contributed by atoms with van der Waals surface area (Å²) < 4.78 is 0. The number of nitrogens with zero attached hydrogens (tertiary/aromatic N) is 3. The van der Waals surface area contributed by atoms with Crippen LogP contribution in [0.5, 0.6) is 0 Å². The third kappa shape index (κ3) is 2.94. The zero-order valence-electron chi connectivity index (χ0n) is 10.2. The van der Waals surface area contributed by atoms with Crippen LogP contribution in [0.2, 0.25) is 0 Å². The Balaban J connectivity index is 1.46. The van der Waals surface area contributed by atoms with Gasteiger partial charge >= 0.3 is 0 Å². The molecule has 92 valence electrons. The third-order valence-electron chi connectivity index (χ3n) is 3.76. The van der Waals surface area contributed by atoms with E-state index in [4.69, 9.17) is 0 Å². The van der Waals surface area contributed by atoms with E-state index in [2.05, 4.69) is 20.2 Å². The highest BCUT2D eigenvalue weighted by molar-refractivity contribution is 5.35. The SMILES string of the molecule is c1cnc(N2CCC(NCC3CC3)CC2)cn1. The van der Waals surface area contributed by atoms with Gasteiger partial charge in [-0.25, -0.2) is 4.98 Å². The van der Waals surface area contributed by atoms with E-state index in [1.54, 1.807) is 12.4 Å². The average Bonchev–Trinajstić information content (AvgIpc) is 3.22. The number of nitrogens with one attached hydrogen (secondary N) is 1. The third-order valence-corrected chi connectivity index (χ3v) is 3.76. The zero-order valence-corrected chi connectivity index (χ0v) is 10.2. The van der Waals surface area contributed by atoms with Crippen molar-refractivity contribution in [3.05, 3.63) is 18.6 Å². The molecule has 4 heteroatoms. The van der Waals surface area contributed by atoms with Crippen molar-refractivity contribution in [1.29, 1.82) is 0 Å². The maximum atomic E-state index is 4.35. The van der Waals surface area contributed by atoms with Crippen LogP contribution >= 0.6 is 0 Å². The highest BCUT2D eigenvalue weighted by Crippen LogP contribution is 2.28. The Morgan fingerprint density at radius 2 is 2.00 bits per heavy atom. The number of piperidine rings is 1. The molecule has 0 amide bonds. The Morgan fingerprint density at radius 3 is 2.65 bits per heavy atom. The molecule has 1 aliphatic heterocycles. The maximum absolute atomic E-state index is 4.35. The van der Waals surface area contributed by atoms with Crippen LogP contribution in [-0.4, -0.2) is 35.6 Å². The van der Waals surface area contributed by atoms with Gasteiger partial charge < -0.3 is 10.2 Å². The second-order valence-corrected chi connectivity index (χ2v) is 5.18. The lowest BCUT2D eigenvalue weighted by atomic mass is 10.0. The maximum Gasteiger partial charge on any atom is 0.147 e. The van der Waals surface area contributed by atoms with Crippen LogP contribution in [-0.2, 0) is 0 Å². The van der Waals surface area contributed by atoms with Crippen LogP contribution in [0.15, 0.2) is 18.6 Å². The van der Waals surface area contributed by atoms with Gasteiger partial charge in [0.15, 0.2) is 0 Å². The van der Waals surface area contributed by atoms with E-state index in [0.717, 1.165) is 24.8 Å². The summed E-state index contributed by atoms with van der Waals surface area (Å²) >= 11 is 0. The first-order valence-electron chi connectivity index (χ1n) is 6.66. The van der Waals surface area contributed by atoms with Crippen LogP contribution in [0.3, 0.4) is 0 Å². The average molecular weight is 232 g/mol. The summed E-state index contributed by atoms with van der Waals surface area (Å²) in [6, 6.07) is 0.712. The van der Waals surface area contributed by atoms with Crippen molar-refractivity contribution in [2.24, 2.45) is 5.92 Å². The summed E-state index contributed by atoms with van der Waals surface area (Å²) in [4.78, 5) is 10.8. The fraction of sp³-hybridized carbons (Fsp3) is 0.692. The van der Waals surface area contributed by atoms with Crippen molar-refractivity contribution >= 4 is 5.82 Å². The van der Waals surface area contributed by atoms with Gasteiger partial charge in [-0.1, -0.05) is 0 Å². The minimum Gasteiger partial charge on any atom is -0.355 e. The Morgan fingerprint density at radius 1 is 1.18 bits per heavy atom. The second-order valence-electron chi connectivity index (χ2n) is 5.18. The molecular formula is C13H20N4. The summed E-state index contributed by atoms with van der Waals surface area (Å²) in [6.07, 6.45) is 10.7. The van der Waals surface area contributed by atoms with E-state index >= 15 is 0 Å². The number of hydrogen-bond donors (Lipinski definition) is 1. The highest BCUT2D eigenvalue weighted by Gasteiger charge is 2.24. The smallest absolute Gasteiger partial charge is 0.147 e. The number of rotatable bonds is 4. The molecule has 0 unspecified atom stereocenters. The van der Waals surface area contributed by atoms with E-state index in [0.29, 0.717) is 6.04 Å². The molecule has 0 atom stereocenters. The van der Waals surface area contributed by atoms with Gasteiger partial charge in [-0.05, 0) is 38.1 Å². The van der Waals surface area contributed by atoms with Crippen molar-refractivity contribution in [2.75, 3.05) is 24.5 Å². The molecule has 4 nitrogen and oxygen atoms in total. The summed E-state index contributed by atoms with van der Waals surface area (Å²) in [5.41, 5.74) is 0. The van der Waals surface area contributed by atoms with Gasteiger partial charge in [-0.3, -0.25) is 4.98 Å². The van der Waals surface area contributed by atoms with Crippen molar-refractivity contribution in [2.45, 2.75) is 31.7 Å². The summed E-state index contributed by atoms with van der Waals surface area (Å²) in [7, 11) is 0. The van der Waals surface area contributed by atoms with E-state index in [1.165, 1.54) is 32.2 Å². The molecule has 2 heterocycles. The summed E-state index contributed by atoms with van der Waals surface area (Å²) in [6.45, 7) is 3.43. The summed E-state index contributed by atoms with van der Waals surface area (Å²) in [5.74, 6) is 2.00. The highest BCUT2D eigenvalue weighted by atomic mass is 15.2. The number of anilines is 1. The molecule has 1 saturated heterocycles. The Bertz CT molecular complexity index is 342. The second kappa shape index (κ2) is 5.00. The van der Waals surface area contributed by atoms with Gasteiger partial charge in [-0.15, -0.1) is 0 Å². The normalized spacial score (nSPS) is 21.8. The van der Waals surface area contributed by atoms with Crippen LogP contribution in [0.1, 0.15) is 25.7 Å². The van der Waals surface area contributed by atoms with Crippen molar-refractivity contribution in [1.82, 2.24) is 15.3 Å². The fourth-order valence-electron chi connectivity index (χ4n) is 2.42. The predicted octanol–water partition coefficient (Wildman–Crippen LogP) is 1.44. The van der Waals surface area contributed by atoms with Gasteiger partial charge in [-0.2, -0.15) is 0 Å². The van der Waals surface area contributed by atoms with E-state index in [9.17, 15) is 0 Å². The Hall–Kier alpha value is -1.16. The van der Waals surface area contributed by atoms with Gasteiger partial charge in [0, 0.05) is 31.5 Å². The van der Waals surface area contributed by atoms with Crippen molar-refractivity contribution < 1.29 is 0 Å². The molecule has 1 saturated carbocycles. The van der Waals surface area contributed by atoms with Gasteiger partial charge in [0.2, 0.25) is 0 Å². The lowest BCUT2D eigenvalue weighted by Crippen LogP contribution is -2.43. The number of aromatic nitrogens is 2. The van der Waals surface area contributed by atoms with E-state index < -0.39 is 0 Å². The predicted molar refractivity (Wildman–Crippen MR) is 68.0 cm³/mol. The first kappa shape index (κ1) is 11.0. The molecule has 1 aromatic heterocycles. The van der Waals surface area contributed by atoms with Gasteiger partial charge in [0.05, 0.1) is 6.20 Å². The van der Waals surface area contributed by atoms with E-state index in [-0.39, 0.29) is 0 Å². The lowest BCUT2D eigenvalue weighted by Gasteiger charge is -2.33. The molecule has 2 aliphatic rings. The minimum atomic E-state index is 0.712. The molecule has 0 spiro atoms. The first-order valence-corrected chi connectivity index (χ1v) is 6.66. The molecule has 1 aliphatic carbocycles. The minimum absolute atomic E-state index is 0.712. The van der Waals surface area contributed by atoms with Crippen molar-refractivity contribution in [3.8, 4) is 0 Å². The largest absolute Gasteiger partial charge is 0.355 e. The zero-order chi connectivity index (χ0) is 11.5. The van der Waals surface area contributed by atoms with Crippen LogP contribution in [0.25, 0.3) is 0 Å². The molecule has 3 rings (SSSR count). The molecule has 0 radical (unpaired) electrons.